The Labute approximate surface area is 131 Å². The van der Waals surface area contributed by atoms with Crippen LogP contribution in [0.2, 0.25) is 5.02 Å². The van der Waals surface area contributed by atoms with Gasteiger partial charge in [0.1, 0.15) is 5.82 Å². The molecule has 0 spiro atoms. The fraction of sp³-hybridized carbons (Fsp3) is 0.308. The first-order chi connectivity index (χ1) is 10.3. The number of sulfonamides is 1. The molecular weight excluding hydrogens is 333 g/mol. The number of nitrogens with zero attached hydrogens (tertiary/aromatic N) is 2. The number of aryl methyl sites for hydroxylation is 1. The van der Waals surface area contributed by atoms with Crippen molar-refractivity contribution in [3.05, 3.63) is 39.9 Å². The molecule has 118 valence electrons. The summed E-state index contributed by atoms with van der Waals surface area (Å²) in [4.78, 5) is -0.140. The van der Waals surface area contributed by atoms with Crippen LogP contribution in [-0.2, 0) is 23.0 Å². The Morgan fingerprint density at radius 2 is 2.18 bits per heavy atom. The zero-order valence-electron chi connectivity index (χ0n) is 11.6. The molecule has 2 aromatic rings. The molecule has 6 nitrogen and oxygen atoms in total. The maximum absolute atomic E-state index is 13.5. The molecule has 0 bridgehead atoms. The van der Waals surface area contributed by atoms with Crippen LogP contribution in [0.3, 0.4) is 0 Å². The van der Waals surface area contributed by atoms with Crippen LogP contribution in [0.15, 0.2) is 21.6 Å². The van der Waals surface area contributed by atoms with E-state index in [0.29, 0.717) is 17.0 Å². The van der Waals surface area contributed by atoms with Crippen LogP contribution >= 0.6 is 11.6 Å². The van der Waals surface area contributed by atoms with E-state index < -0.39 is 15.8 Å². The summed E-state index contributed by atoms with van der Waals surface area (Å²) in [5, 5.41) is 3.78. The minimum atomic E-state index is -3.86. The predicted octanol–water partition coefficient (Wildman–Crippen LogP) is 2.10. The molecular formula is C13H13ClFN3O3S. The molecule has 2 heterocycles. The van der Waals surface area contributed by atoms with Gasteiger partial charge in [-0.15, -0.1) is 0 Å². The molecule has 0 saturated heterocycles. The Balaban J connectivity index is 2.01. The third-order valence-electron chi connectivity index (χ3n) is 3.64. The summed E-state index contributed by atoms with van der Waals surface area (Å²) in [6.07, 6.45) is 0.401. The number of fused-ring (bicyclic) bond motifs is 1. The van der Waals surface area contributed by atoms with Gasteiger partial charge in [-0.3, -0.25) is 0 Å². The summed E-state index contributed by atoms with van der Waals surface area (Å²) in [7, 11) is -3.86. The molecule has 0 atom stereocenters. The van der Waals surface area contributed by atoms with Crippen molar-refractivity contribution in [3.63, 3.8) is 0 Å². The van der Waals surface area contributed by atoms with Crippen molar-refractivity contribution in [3.8, 4) is 0 Å². The van der Waals surface area contributed by atoms with Crippen LogP contribution in [0, 0.1) is 12.7 Å². The van der Waals surface area contributed by atoms with Gasteiger partial charge in [-0.05, 0) is 36.6 Å². The van der Waals surface area contributed by atoms with Crippen molar-refractivity contribution in [1.29, 1.82) is 0 Å². The van der Waals surface area contributed by atoms with Crippen molar-refractivity contribution in [2.45, 2.75) is 24.8 Å². The second-order valence-corrected chi connectivity index (χ2v) is 7.35. The molecule has 9 heteroatoms. The van der Waals surface area contributed by atoms with Crippen LogP contribution in [-0.4, -0.2) is 24.4 Å². The maximum atomic E-state index is 13.5. The first-order valence-electron chi connectivity index (χ1n) is 6.49. The number of hydrogen-bond donors (Lipinski definition) is 1. The first kappa shape index (κ1) is 15.3. The minimum Gasteiger partial charge on any atom is -0.380 e. The number of rotatable bonds is 2. The minimum absolute atomic E-state index is 0.0270. The van der Waals surface area contributed by atoms with Crippen molar-refractivity contribution < 1.29 is 17.3 Å². The zero-order chi connectivity index (χ0) is 16.1. The highest BCUT2D eigenvalue weighted by molar-refractivity contribution is 7.89. The molecule has 1 aromatic carbocycles. The molecule has 1 aliphatic heterocycles. The van der Waals surface area contributed by atoms with Gasteiger partial charge in [0.25, 0.3) is 10.0 Å². The second kappa shape index (κ2) is 5.22. The lowest BCUT2D eigenvalue weighted by Gasteiger charge is -2.28. The topological polar surface area (TPSA) is 89.4 Å². The number of anilines is 1. The Kier molecular flexibility index (Phi) is 3.62. The molecule has 3 rings (SSSR count). The van der Waals surface area contributed by atoms with Gasteiger partial charge >= 0.3 is 0 Å². The summed E-state index contributed by atoms with van der Waals surface area (Å²) < 4.78 is 44.9. The SMILES string of the molecule is Cc1onc(N)c1S(=O)(=O)N1CCc2c(Cl)cc(F)cc2C1. The fourth-order valence-corrected chi connectivity index (χ4v) is 4.53. The Morgan fingerprint density at radius 3 is 2.82 bits per heavy atom. The lowest BCUT2D eigenvalue weighted by Crippen LogP contribution is -2.36. The summed E-state index contributed by atoms with van der Waals surface area (Å²) in [6, 6.07) is 2.53. The van der Waals surface area contributed by atoms with Crippen molar-refractivity contribution >= 4 is 27.4 Å². The van der Waals surface area contributed by atoms with E-state index in [2.05, 4.69) is 5.16 Å². The van der Waals surface area contributed by atoms with Gasteiger partial charge in [0.15, 0.2) is 16.5 Å². The average molecular weight is 346 g/mol. The highest BCUT2D eigenvalue weighted by Crippen LogP contribution is 2.32. The summed E-state index contributed by atoms with van der Waals surface area (Å²) in [5.41, 5.74) is 6.90. The van der Waals surface area contributed by atoms with Crippen LogP contribution in [0.1, 0.15) is 16.9 Å². The zero-order valence-corrected chi connectivity index (χ0v) is 13.2. The van der Waals surface area contributed by atoms with Gasteiger partial charge in [0, 0.05) is 18.1 Å². The molecule has 2 N–H and O–H groups in total. The first-order valence-corrected chi connectivity index (χ1v) is 8.31. The maximum Gasteiger partial charge on any atom is 0.250 e. The van der Waals surface area contributed by atoms with Crippen LogP contribution in [0.4, 0.5) is 10.2 Å². The number of halogens is 2. The van der Waals surface area contributed by atoms with Gasteiger partial charge in [-0.2, -0.15) is 4.31 Å². The quantitative estimate of drug-likeness (QED) is 0.900. The lowest BCUT2D eigenvalue weighted by atomic mass is 10.0. The molecule has 0 aliphatic carbocycles. The smallest absolute Gasteiger partial charge is 0.250 e. The van der Waals surface area contributed by atoms with E-state index >= 15 is 0 Å². The van der Waals surface area contributed by atoms with E-state index in [4.69, 9.17) is 21.9 Å². The van der Waals surface area contributed by atoms with Gasteiger partial charge in [-0.25, -0.2) is 12.8 Å². The monoisotopic (exact) mass is 345 g/mol. The fourth-order valence-electron chi connectivity index (χ4n) is 2.61. The molecule has 0 unspecified atom stereocenters. The summed E-state index contributed by atoms with van der Waals surface area (Å²) in [5.74, 6) is -0.551. The number of nitrogen functional groups attached to an aromatic ring is 1. The lowest BCUT2D eigenvalue weighted by molar-refractivity contribution is 0.382. The Bertz CT molecular complexity index is 831. The van der Waals surface area contributed by atoms with Gasteiger partial charge < -0.3 is 10.3 Å². The third kappa shape index (κ3) is 2.37. The van der Waals surface area contributed by atoms with Crippen LogP contribution in [0.25, 0.3) is 0 Å². The predicted molar refractivity (Wildman–Crippen MR) is 78.4 cm³/mol. The van der Waals surface area contributed by atoms with Gasteiger partial charge in [-0.1, -0.05) is 16.8 Å². The summed E-state index contributed by atoms with van der Waals surface area (Å²) in [6.45, 7) is 1.73. The highest BCUT2D eigenvalue weighted by atomic mass is 35.5. The molecule has 0 fully saturated rings. The Morgan fingerprint density at radius 1 is 1.45 bits per heavy atom. The van der Waals surface area contributed by atoms with E-state index in [1.807, 2.05) is 0 Å². The van der Waals surface area contributed by atoms with Gasteiger partial charge in [0.05, 0.1) is 0 Å². The second-order valence-electron chi connectivity index (χ2n) is 5.07. The normalized spacial score (nSPS) is 15.8. The summed E-state index contributed by atoms with van der Waals surface area (Å²) >= 11 is 6.01. The van der Waals surface area contributed by atoms with E-state index in [1.165, 1.54) is 23.4 Å². The third-order valence-corrected chi connectivity index (χ3v) is 5.98. The van der Waals surface area contributed by atoms with Crippen molar-refractivity contribution in [2.75, 3.05) is 12.3 Å². The number of hydrogen-bond acceptors (Lipinski definition) is 5. The van der Waals surface area contributed by atoms with E-state index in [9.17, 15) is 12.8 Å². The van der Waals surface area contributed by atoms with Crippen LogP contribution in [0.5, 0.6) is 0 Å². The number of aromatic nitrogens is 1. The molecule has 0 amide bonds. The van der Waals surface area contributed by atoms with E-state index in [0.717, 1.165) is 5.56 Å². The molecule has 0 saturated carbocycles. The number of benzene rings is 1. The highest BCUT2D eigenvalue weighted by Gasteiger charge is 2.34. The van der Waals surface area contributed by atoms with Crippen LogP contribution < -0.4 is 5.73 Å². The van der Waals surface area contributed by atoms with E-state index in [-0.39, 0.29) is 29.6 Å². The molecule has 0 radical (unpaired) electrons. The number of nitrogens with two attached hydrogens (primary N) is 1. The van der Waals surface area contributed by atoms with Gasteiger partial charge in [0.2, 0.25) is 0 Å². The van der Waals surface area contributed by atoms with Crippen molar-refractivity contribution in [2.24, 2.45) is 0 Å². The molecule has 22 heavy (non-hydrogen) atoms. The van der Waals surface area contributed by atoms with Crippen molar-refractivity contribution in [1.82, 2.24) is 9.46 Å². The largest absolute Gasteiger partial charge is 0.380 e. The van der Waals surface area contributed by atoms with E-state index in [1.54, 1.807) is 0 Å². The molecule has 1 aromatic heterocycles. The molecule has 1 aliphatic rings. The Hall–Kier alpha value is -1.64. The average Bonchev–Trinajstić information content (AvgIpc) is 2.77. The standard InChI is InChI=1S/C13H13ClFN3O3S/c1-7-12(13(16)17-21-7)22(19,20)18-3-2-10-8(6-18)4-9(15)5-11(10)14/h4-5H,2-3,6H2,1H3,(H2,16,17).